The second kappa shape index (κ2) is 7.16. The van der Waals surface area contributed by atoms with Gasteiger partial charge in [-0.05, 0) is 43.2 Å². The van der Waals surface area contributed by atoms with Gasteiger partial charge in [0.15, 0.2) is 0 Å². The number of carbonyl (C=O) groups excluding carboxylic acids is 1. The van der Waals surface area contributed by atoms with E-state index >= 15 is 0 Å². The van der Waals surface area contributed by atoms with Gasteiger partial charge in [-0.1, -0.05) is 39.0 Å². The summed E-state index contributed by atoms with van der Waals surface area (Å²) in [5.74, 6) is -0.174. The molecule has 1 aromatic carbocycles. The lowest BCUT2D eigenvalue weighted by Gasteiger charge is -2.36. The van der Waals surface area contributed by atoms with Crippen molar-refractivity contribution >= 4 is 11.9 Å². The molecule has 0 aromatic heterocycles. The Balaban J connectivity index is 1.96. The number of carboxylic acid groups (broad SMARTS) is 1. The Kier molecular flexibility index (Phi) is 5.45. The molecule has 0 bridgehead atoms. The third-order valence-electron chi connectivity index (χ3n) is 5.12. The smallest absolute Gasteiger partial charge is 0.335 e. The van der Waals surface area contributed by atoms with Crippen LogP contribution in [-0.4, -0.2) is 35.0 Å². The van der Waals surface area contributed by atoms with Crippen LogP contribution in [0.3, 0.4) is 0 Å². The lowest BCUT2D eigenvalue weighted by atomic mass is 9.85. The molecule has 23 heavy (non-hydrogen) atoms. The molecule has 1 aliphatic rings. The molecule has 1 amide bonds. The van der Waals surface area contributed by atoms with Crippen molar-refractivity contribution in [2.75, 3.05) is 13.1 Å². The number of carboxylic acids is 1. The molecule has 1 N–H and O–H groups in total. The van der Waals surface area contributed by atoms with Crippen molar-refractivity contribution in [1.29, 1.82) is 0 Å². The van der Waals surface area contributed by atoms with Crippen LogP contribution in [0.25, 0.3) is 0 Å². The largest absolute Gasteiger partial charge is 0.478 e. The Labute approximate surface area is 138 Å². The van der Waals surface area contributed by atoms with E-state index in [9.17, 15) is 14.7 Å². The lowest BCUT2D eigenvalue weighted by molar-refractivity contribution is -0.142. The van der Waals surface area contributed by atoms with Gasteiger partial charge in [0, 0.05) is 18.5 Å². The average molecular weight is 317 g/mol. The molecule has 1 saturated heterocycles. The summed E-state index contributed by atoms with van der Waals surface area (Å²) >= 11 is 0. The Bertz CT molecular complexity index is 572. The first kappa shape index (κ1) is 17.5. The third kappa shape index (κ3) is 4.12. The van der Waals surface area contributed by atoms with E-state index in [4.69, 9.17) is 0 Å². The van der Waals surface area contributed by atoms with Crippen LogP contribution >= 0.6 is 0 Å². The van der Waals surface area contributed by atoms with Gasteiger partial charge in [-0.3, -0.25) is 4.79 Å². The number of amides is 1. The highest BCUT2D eigenvalue weighted by Gasteiger charge is 2.32. The van der Waals surface area contributed by atoms with Gasteiger partial charge in [-0.2, -0.15) is 0 Å². The maximum absolute atomic E-state index is 12.5. The van der Waals surface area contributed by atoms with Crippen LogP contribution in [0, 0.1) is 11.3 Å². The van der Waals surface area contributed by atoms with Crippen molar-refractivity contribution < 1.29 is 14.7 Å². The van der Waals surface area contributed by atoms with Gasteiger partial charge < -0.3 is 10.0 Å². The number of rotatable bonds is 5. The Hall–Kier alpha value is -1.84. The van der Waals surface area contributed by atoms with E-state index in [2.05, 4.69) is 0 Å². The van der Waals surface area contributed by atoms with Crippen LogP contribution in [0.1, 0.15) is 56.0 Å². The minimum Gasteiger partial charge on any atom is -0.478 e. The van der Waals surface area contributed by atoms with Crippen molar-refractivity contribution in [2.24, 2.45) is 11.3 Å². The number of nitrogens with zero attached hydrogens (tertiary/aromatic N) is 1. The fraction of sp³-hybridized carbons (Fsp3) is 0.579. The Morgan fingerprint density at radius 3 is 2.39 bits per heavy atom. The molecule has 1 aromatic rings. The minimum atomic E-state index is -0.863. The number of piperidine rings is 1. The summed E-state index contributed by atoms with van der Waals surface area (Å²) in [6, 6.07) is 7.23. The van der Waals surface area contributed by atoms with Gasteiger partial charge in [0.05, 0.1) is 5.56 Å². The SMILES string of the molecule is CCC(C)(C)C(=O)N1CCC(Cc2ccccc2C(=O)O)CC1. The van der Waals surface area contributed by atoms with Crippen LogP contribution in [0.5, 0.6) is 0 Å². The molecule has 1 heterocycles. The maximum Gasteiger partial charge on any atom is 0.335 e. The molecular weight excluding hydrogens is 290 g/mol. The number of aromatic carboxylic acids is 1. The summed E-state index contributed by atoms with van der Waals surface area (Å²) in [5, 5.41) is 9.27. The monoisotopic (exact) mass is 317 g/mol. The molecule has 2 rings (SSSR count). The molecule has 126 valence electrons. The summed E-state index contributed by atoms with van der Waals surface area (Å²) in [6.07, 6.45) is 3.51. The highest BCUT2D eigenvalue weighted by Crippen LogP contribution is 2.28. The molecule has 1 aliphatic heterocycles. The number of likely N-dealkylation sites (tertiary alicyclic amines) is 1. The third-order valence-corrected chi connectivity index (χ3v) is 5.12. The van der Waals surface area contributed by atoms with Crippen molar-refractivity contribution in [1.82, 2.24) is 4.90 Å². The van der Waals surface area contributed by atoms with Crippen molar-refractivity contribution in [3.05, 3.63) is 35.4 Å². The van der Waals surface area contributed by atoms with E-state index < -0.39 is 5.97 Å². The predicted molar refractivity (Wildman–Crippen MR) is 90.5 cm³/mol. The summed E-state index contributed by atoms with van der Waals surface area (Å²) in [5.41, 5.74) is 1.01. The summed E-state index contributed by atoms with van der Waals surface area (Å²) < 4.78 is 0. The first-order valence-electron chi connectivity index (χ1n) is 8.45. The second-order valence-corrected chi connectivity index (χ2v) is 7.14. The van der Waals surface area contributed by atoms with Crippen molar-refractivity contribution in [2.45, 2.75) is 46.5 Å². The first-order chi connectivity index (χ1) is 10.8. The first-order valence-corrected chi connectivity index (χ1v) is 8.45. The normalized spacial score (nSPS) is 16.4. The predicted octanol–water partition coefficient (Wildman–Crippen LogP) is 3.60. The maximum atomic E-state index is 12.5. The second-order valence-electron chi connectivity index (χ2n) is 7.14. The highest BCUT2D eigenvalue weighted by molar-refractivity contribution is 5.89. The summed E-state index contributed by atoms with van der Waals surface area (Å²) in [4.78, 5) is 25.8. The standard InChI is InChI=1S/C19H27NO3/c1-4-19(2,3)18(23)20-11-9-14(10-12-20)13-15-7-5-6-8-16(15)17(21)22/h5-8,14H,4,9-13H2,1-3H3,(H,21,22). The molecule has 4 heteroatoms. The number of carbonyl (C=O) groups is 2. The quantitative estimate of drug-likeness (QED) is 0.902. The van der Waals surface area contributed by atoms with Gasteiger partial charge in [0.1, 0.15) is 0 Å². The van der Waals surface area contributed by atoms with E-state index in [-0.39, 0.29) is 11.3 Å². The molecule has 1 fully saturated rings. The van der Waals surface area contributed by atoms with Crippen LogP contribution in [0.4, 0.5) is 0 Å². The zero-order valence-corrected chi connectivity index (χ0v) is 14.3. The molecule has 0 unspecified atom stereocenters. The topological polar surface area (TPSA) is 57.6 Å². The van der Waals surface area contributed by atoms with Gasteiger partial charge in [-0.15, -0.1) is 0 Å². The zero-order valence-electron chi connectivity index (χ0n) is 14.3. The van der Waals surface area contributed by atoms with E-state index in [1.807, 2.05) is 37.8 Å². The summed E-state index contributed by atoms with van der Waals surface area (Å²) in [7, 11) is 0. The van der Waals surface area contributed by atoms with Crippen molar-refractivity contribution in [3.8, 4) is 0 Å². The van der Waals surface area contributed by atoms with E-state index in [1.54, 1.807) is 12.1 Å². The van der Waals surface area contributed by atoms with Crippen LogP contribution in [0.2, 0.25) is 0 Å². The molecule has 0 aliphatic carbocycles. The fourth-order valence-electron chi connectivity index (χ4n) is 3.14. The van der Waals surface area contributed by atoms with Gasteiger partial charge in [-0.25, -0.2) is 4.79 Å². The Morgan fingerprint density at radius 1 is 1.22 bits per heavy atom. The summed E-state index contributed by atoms with van der Waals surface area (Å²) in [6.45, 7) is 7.62. The molecular formula is C19H27NO3. The van der Waals surface area contributed by atoms with E-state index in [0.717, 1.165) is 44.3 Å². The van der Waals surface area contributed by atoms with E-state index in [1.165, 1.54) is 0 Å². The van der Waals surface area contributed by atoms with Gasteiger partial charge >= 0.3 is 5.97 Å². The molecule has 0 saturated carbocycles. The number of hydrogen-bond acceptors (Lipinski definition) is 2. The molecule has 0 atom stereocenters. The van der Waals surface area contributed by atoms with E-state index in [0.29, 0.717) is 11.5 Å². The van der Waals surface area contributed by atoms with Crippen LogP contribution < -0.4 is 0 Å². The molecule has 0 radical (unpaired) electrons. The van der Waals surface area contributed by atoms with Crippen LogP contribution in [-0.2, 0) is 11.2 Å². The lowest BCUT2D eigenvalue weighted by Crippen LogP contribution is -2.45. The average Bonchev–Trinajstić information content (AvgIpc) is 2.55. The minimum absolute atomic E-state index is 0.240. The van der Waals surface area contributed by atoms with Crippen LogP contribution in [0.15, 0.2) is 24.3 Å². The highest BCUT2D eigenvalue weighted by atomic mass is 16.4. The molecule has 4 nitrogen and oxygen atoms in total. The van der Waals surface area contributed by atoms with Gasteiger partial charge in [0.2, 0.25) is 5.91 Å². The Morgan fingerprint density at radius 2 is 1.83 bits per heavy atom. The van der Waals surface area contributed by atoms with Gasteiger partial charge in [0.25, 0.3) is 0 Å². The number of benzene rings is 1. The fourth-order valence-corrected chi connectivity index (χ4v) is 3.14. The number of hydrogen-bond donors (Lipinski definition) is 1. The van der Waals surface area contributed by atoms with Crippen molar-refractivity contribution in [3.63, 3.8) is 0 Å². The molecule has 0 spiro atoms. The zero-order chi connectivity index (χ0) is 17.0.